The lowest BCUT2D eigenvalue weighted by Gasteiger charge is -1.88. The minimum atomic E-state index is 0.589. The Kier molecular flexibility index (Phi) is 1.64. The molecule has 0 amide bonds. The Bertz CT molecular complexity index is 303. The molecule has 0 aromatic carbocycles. The average molecular weight is 165 g/mol. The van der Waals surface area contributed by atoms with Crippen molar-refractivity contribution in [2.24, 2.45) is 11.1 Å². The molecular formula is C9H11NO2. The first-order valence-corrected chi connectivity index (χ1v) is 4.08. The van der Waals surface area contributed by atoms with E-state index in [1.54, 1.807) is 0 Å². The molecule has 1 aliphatic carbocycles. The van der Waals surface area contributed by atoms with Gasteiger partial charge in [-0.3, -0.25) is 0 Å². The van der Waals surface area contributed by atoms with Crippen LogP contribution in [0.15, 0.2) is 21.7 Å². The van der Waals surface area contributed by atoms with Crippen molar-refractivity contribution in [1.82, 2.24) is 0 Å². The van der Waals surface area contributed by atoms with E-state index in [1.807, 2.05) is 12.1 Å². The van der Waals surface area contributed by atoms with Crippen LogP contribution >= 0.6 is 0 Å². The summed E-state index contributed by atoms with van der Waals surface area (Å²) in [5.41, 5.74) is 0. The van der Waals surface area contributed by atoms with Crippen LogP contribution in [0.5, 0.6) is 0 Å². The first-order chi connectivity index (χ1) is 5.81. The first-order valence-electron chi connectivity index (χ1n) is 4.08. The summed E-state index contributed by atoms with van der Waals surface area (Å²) in [7, 11) is 0. The molecule has 3 nitrogen and oxygen atoms in total. The molecule has 0 radical (unpaired) electrons. The van der Waals surface area contributed by atoms with E-state index in [0.29, 0.717) is 11.7 Å². The van der Waals surface area contributed by atoms with Crippen molar-refractivity contribution in [2.75, 3.05) is 0 Å². The second-order valence-corrected chi connectivity index (χ2v) is 3.30. The number of furan rings is 1. The zero-order chi connectivity index (χ0) is 8.55. The van der Waals surface area contributed by atoms with Gasteiger partial charge >= 0.3 is 0 Å². The minimum Gasteiger partial charge on any atom is -0.460 e. The highest BCUT2D eigenvalue weighted by Crippen LogP contribution is 2.47. The van der Waals surface area contributed by atoms with Crippen molar-refractivity contribution >= 4 is 6.21 Å². The predicted molar refractivity (Wildman–Crippen MR) is 44.6 cm³/mol. The standard InChI is InChI=1S/C9H11NO2/c1-6-4-8(6)9-3-2-7(12-9)5-10-11/h2-3,5-6,8,11H,4H2,1H3/b10-5-/t6-,8-/m0/s1. The Balaban J connectivity index is 2.14. The van der Waals surface area contributed by atoms with E-state index in [4.69, 9.17) is 9.62 Å². The van der Waals surface area contributed by atoms with E-state index >= 15 is 0 Å². The smallest absolute Gasteiger partial charge is 0.148 e. The van der Waals surface area contributed by atoms with E-state index in [0.717, 1.165) is 11.7 Å². The summed E-state index contributed by atoms with van der Waals surface area (Å²) in [6.07, 6.45) is 2.51. The van der Waals surface area contributed by atoms with Gasteiger partial charge in [-0.1, -0.05) is 12.1 Å². The van der Waals surface area contributed by atoms with Gasteiger partial charge < -0.3 is 9.62 Å². The van der Waals surface area contributed by atoms with Crippen LogP contribution in [0.25, 0.3) is 0 Å². The molecule has 12 heavy (non-hydrogen) atoms. The van der Waals surface area contributed by atoms with Crippen molar-refractivity contribution in [3.8, 4) is 0 Å². The zero-order valence-electron chi connectivity index (χ0n) is 6.90. The second-order valence-electron chi connectivity index (χ2n) is 3.30. The molecule has 2 atom stereocenters. The van der Waals surface area contributed by atoms with Gasteiger partial charge in [0.2, 0.25) is 0 Å². The van der Waals surface area contributed by atoms with Gasteiger partial charge in [-0.05, 0) is 24.5 Å². The second kappa shape index (κ2) is 2.66. The molecule has 0 saturated heterocycles. The normalized spacial score (nSPS) is 28.1. The van der Waals surface area contributed by atoms with Crippen molar-refractivity contribution in [1.29, 1.82) is 0 Å². The topological polar surface area (TPSA) is 45.7 Å². The summed E-state index contributed by atoms with van der Waals surface area (Å²) in [6, 6.07) is 3.77. The molecule has 64 valence electrons. The van der Waals surface area contributed by atoms with Crippen molar-refractivity contribution in [3.05, 3.63) is 23.7 Å². The van der Waals surface area contributed by atoms with E-state index in [-0.39, 0.29) is 0 Å². The maximum Gasteiger partial charge on any atom is 0.148 e. The number of hydrogen-bond donors (Lipinski definition) is 1. The summed E-state index contributed by atoms with van der Waals surface area (Å²) in [5.74, 6) is 2.96. The van der Waals surface area contributed by atoms with Gasteiger partial charge in [-0.25, -0.2) is 0 Å². The molecule has 0 bridgehead atoms. The summed E-state index contributed by atoms with van der Waals surface area (Å²) >= 11 is 0. The molecule has 2 rings (SSSR count). The van der Waals surface area contributed by atoms with Crippen LogP contribution in [0.4, 0.5) is 0 Å². The molecule has 1 fully saturated rings. The highest BCUT2D eigenvalue weighted by molar-refractivity contribution is 5.75. The quantitative estimate of drug-likeness (QED) is 0.415. The van der Waals surface area contributed by atoms with Gasteiger partial charge in [0.25, 0.3) is 0 Å². The molecule has 1 N–H and O–H groups in total. The predicted octanol–water partition coefficient (Wildman–Crippen LogP) is 2.21. The van der Waals surface area contributed by atoms with Crippen LogP contribution in [-0.2, 0) is 0 Å². The summed E-state index contributed by atoms with van der Waals surface area (Å²) in [6.45, 7) is 2.20. The molecular weight excluding hydrogens is 154 g/mol. The third kappa shape index (κ3) is 1.22. The maximum atomic E-state index is 8.24. The monoisotopic (exact) mass is 165 g/mol. The average Bonchev–Trinajstić information content (AvgIpc) is 2.62. The Morgan fingerprint density at radius 3 is 3.00 bits per heavy atom. The Labute approximate surface area is 70.7 Å². The number of oxime groups is 1. The molecule has 1 aliphatic rings. The first kappa shape index (κ1) is 7.40. The minimum absolute atomic E-state index is 0.589. The summed E-state index contributed by atoms with van der Waals surface area (Å²) in [4.78, 5) is 0. The lowest BCUT2D eigenvalue weighted by atomic mass is 10.3. The van der Waals surface area contributed by atoms with E-state index < -0.39 is 0 Å². The van der Waals surface area contributed by atoms with Crippen LogP contribution in [0.3, 0.4) is 0 Å². The lowest BCUT2D eigenvalue weighted by Crippen LogP contribution is -1.75. The van der Waals surface area contributed by atoms with Crippen molar-refractivity contribution < 1.29 is 9.62 Å². The highest BCUT2D eigenvalue weighted by Gasteiger charge is 2.36. The van der Waals surface area contributed by atoms with Gasteiger partial charge in [0.1, 0.15) is 17.7 Å². The van der Waals surface area contributed by atoms with Crippen LogP contribution < -0.4 is 0 Å². The number of hydrogen-bond acceptors (Lipinski definition) is 3. The van der Waals surface area contributed by atoms with Gasteiger partial charge in [0, 0.05) is 5.92 Å². The van der Waals surface area contributed by atoms with E-state index in [1.165, 1.54) is 12.6 Å². The molecule has 0 unspecified atom stereocenters. The Morgan fingerprint density at radius 2 is 2.42 bits per heavy atom. The third-order valence-electron chi connectivity index (χ3n) is 2.31. The Morgan fingerprint density at radius 1 is 1.67 bits per heavy atom. The molecule has 3 heteroatoms. The highest BCUT2D eigenvalue weighted by atomic mass is 16.4. The van der Waals surface area contributed by atoms with E-state index in [2.05, 4.69) is 12.1 Å². The molecule has 1 heterocycles. The number of nitrogens with zero attached hydrogens (tertiary/aromatic N) is 1. The fourth-order valence-corrected chi connectivity index (χ4v) is 1.41. The van der Waals surface area contributed by atoms with Gasteiger partial charge in [0.15, 0.2) is 0 Å². The fourth-order valence-electron chi connectivity index (χ4n) is 1.41. The van der Waals surface area contributed by atoms with Gasteiger partial charge in [0.05, 0.1) is 0 Å². The van der Waals surface area contributed by atoms with Gasteiger partial charge in [-0.2, -0.15) is 0 Å². The molecule has 0 aliphatic heterocycles. The Hall–Kier alpha value is -1.25. The molecule has 1 saturated carbocycles. The van der Waals surface area contributed by atoms with Crippen LogP contribution in [0, 0.1) is 5.92 Å². The molecule has 0 spiro atoms. The van der Waals surface area contributed by atoms with E-state index in [9.17, 15) is 0 Å². The van der Waals surface area contributed by atoms with Crippen LogP contribution in [0.2, 0.25) is 0 Å². The van der Waals surface area contributed by atoms with Crippen molar-refractivity contribution in [2.45, 2.75) is 19.3 Å². The van der Waals surface area contributed by atoms with Crippen molar-refractivity contribution in [3.63, 3.8) is 0 Å². The maximum absolute atomic E-state index is 8.24. The van der Waals surface area contributed by atoms with Crippen LogP contribution in [-0.4, -0.2) is 11.4 Å². The number of rotatable bonds is 2. The SMILES string of the molecule is C[C@H]1C[C@@H]1c1ccc(/C=N\O)o1. The molecule has 1 aromatic rings. The zero-order valence-corrected chi connectivity index (χ0v) is 6.90. The summed E-state index contributed by atoms with van der Waals surface area (Å²) < 4.78 is 5.41. The van der Waals surface area contributed by atoms with Crippen LogP contribution in [0.1, 0.15) is 30.8 Å². The lowest BCUT2D eigenvalue weighted by molar-refractivity contribution is 0.320. The van der Waals surface area contributed by atoms with Gasteiger partial charge in [-0.15, -0.1) is 0 Å². The summed E-state index contributed by atoms with van der Waals surface area (Å²) in [5, 5.41) is 11.1. The third-order valence-corrected chi connectivity index (χ3v) is 2.31. The fraction of sp³-hybridized carbons (Fsp3) is 0.444. The molecule has 1 aromatic heterocycles. The largest absolute Gasteiger partial charge is 0.460 e.